The molecule has 5 nitrogen and oxygen atoms in total. The third kappa shape index (κ3) is 4.56. The van der Waals surface area contributed by atoms with Crippen molar-refractivity contribution in [1.82, 2.24) is 15.0 Å². The molecule has 1 aliphatic rings. The standard InChI is InChI=1S/C36H24N4O.Pt/c1-2-16-30-25(11-1)26-13-7-14-28(36(26)39-30)27-12-5-9-23-20-21-24-10-6-15-29(35(24)40-34(23)27)31-17-8-19-33(38-31)41-32-18-3-4-22-37-32;/h1-19,22H,20-21H2;/q-2;+2. The number of hydrogen-bond acceptors (Lipinski definition) is 3. The molecule has 8 rings (SSSR count). The van der Waals surface area contributed by atoms with Gasteiger partial charge in [0.1, 0.15) is 0 Å². The maximum atomic E-state index is 5.95. The Morgan fingerprint density at radius 2 is 1.24 bits per heavy atom. The zero-order chi connectivity index (χ0) is 27.2. The van der Waals surface area contributed by atoms with Crippen LogP contribution in [0.15, 0.2) is 121 Å². The molecular formula is C36H24N4OPt. The summed E-state index contributed by atoms with van der Waals surface area (Å²) in [7, 11) is 0. The Labute approximate surface area is 257 Å². The van der Waals surface area contributed by atoms with Crippen molar-refractivity contribution < 1.29 is 25.8 Å². The van der Waals surface area contributed by atoms with Gasteiger partial charge in [-0.3, -0.25) is 0 Å². The van der Waals surface area contributed by atoms with Crippen LogP contribution in [0.4, 0.5) is 11.4 Å². The summed E-state index contributed by atoms with van der Waals surface area (Å²) in [5.74, 6) is 1.00. The van der Waals surface area contributed by atoms with E-state index in [-0.39, 0.29) is 21.1 Å². The summed E-state index contributed by atoms with van der Waals surface area (Å²) < 4.78 is 5.95. The van der Waals surface area contributed by atoms with Gasteiger partial charge in [0.25, 0.3) is 0 Å². The van der Waals surface area contributed by atoms with Gasteiger partial charge < -0.3 is 15.0 Å². The van der Waals surface area contributed by atoms with Gasteiger partial charge in [-0.25, -0.2) is 9.97 Å². The van der Waals surface area contributed by atoms with Crippen molar-refractivity contribution in [3.05, 3.63) is 138 Å². The molecule has 3 aromatic heterocycles. The molecule has 0 saturated carbocycles. The summed E-state index contributed by atoms with van der Waals surface area (Å²) in [6.07, 6.45) is 3.51. The van der Waals surface area contributed by atoms with Crippen LogP contribution in [0.1, 0.15) is 11.1 Å². The van der Waals surface area contributed by atoms with E-state index in [0.717, 1.165) is 57.6 Å². The Bertz CT molecular complexity index is 2070. The number of pyridine rings is 2. The zero-order valence-electron chi connectivity index (χ0n) is 22.5. The molecule has 0 radical (unpaired) electrons. The van der Waals surface area contributed by atoms with Crippen LogP contribution < -0.4 is 9.72 Å². The van der Waals surface area contributed by atoms with Gasteiger partial charge in [-0.05, 0) is 52.4 Å². The molecule has 0 fully saturated rings. The minimum atomic E-state index is 0. The van der Waals surface area contributed by atoms with Gasteiger partial charge in [0.2, 0.25) is 11.8 Å². The number of nitrogens with zero attached hydrogens (tertiary/aromatic N) is 4. The van der Waals surface area contributed by atoms with Crippen LogP contribution in [0.5, 0.6) is 11.8 Å². The van der Waals surface area contributed by atoms with Crippen molar-refractivity contribution in [3.8, 4) is 34.1 Å². The molecule has 0 N–H and O–H groups in total. The first-order valence-corrected chi connectivity index (χ1v) is 13.8. The average molecular weight is 724 g/mol. The molecule has 0 amide bonds. The molecule has 1 aliphatic heterocycles. The number of aromatic nitrogens is 3. The fourth-order valence-corrected chi connectivity index (χ4v) is 5.81. The Kier molecular flexibility index (Phi) is 6.81. The summed E-state index contributed by atoms with van der Waals surface area (Å²) in [6, 6.07) is 39.0. The fraction of sp³-hybridized carbons (Fsp3) is 0.0556. The van der Waals surface area contributed by atoms with E-state index < -0.39 is 0 Å². The predicted octanol–water partition coefficient (Wildman–Crippen LogP) is 9.30. The summed E-state index contributed by atoms with van der Waals surface area (Å²) in [5, 5.41) is 7.75. The van der Waals surface area contributed by atoms with Gasteiger partial charge in [0.15, 0.2) is 0 Å². The van der Waals surface area contributed by atoms with Crippen molar-refractivity contribution in [2.24, 2.45) is 0 Å². The largest absolute Gasteiger partial charge is 2.00 e. The van der Waals surface area contributed by atoms with Gasteiger partial charge in [-0.1, -0.05) is 102 Å². The molecule has 0 bridgehead atoms. The summed E-state index contributed by atoms with van der Waals surface area (Å²) >= 11 is 0. The molecule has 7 aromatic rings. The van der Waals surface area contributed by atoms with E-state index in [1.165, 1.54) is 21.9 Å². The van der Waals surface area contributed by atoms with E-state index in [9.17, 15) is 0 Å². The average Bonchev–Trinajstić information content (AvgIpc) is 3.29. The van der Waals surface area contributed by atoms with Gasteiger partial charge in [0, 0.05) is 18.3 Å². The van der Waals surface area contributed by atoms with Crippen molar-refractivity contribution in [2.45, 2.75) is 12.8 Å². The molecular weight excluding hydrogens is 700 g/mol. The quantitative estimate of drug-likeness (QED) is 0.182. The first kappa shape index (κ1) is 26.2. The Balaban J connectivity index is 0.00000288. The topological polar surface area (TPSA) is 63.2 Å². The summed E-state index contributed by atoms with van der Waals surface area (Å²) in [6.45, 7) is 0. The Morgan fingerprint density at radius 3 is 2.07 bits per heavy atom. The maximum absolute atomic E-state index is 5.95. The number of rotatable bonds is 4. The third-order valence-corrected chi connectivity index (χ3v) is 7.73. The minimum absolute atomic E-state index is 0. The van der Waals surface area contributed by atoms with E-state index in [1.807, 2.05) is 42.5 Å². The van der Waals surface area contributed by atoms with Crippen LogP contribution in [0, 0.1) is 0 Å². The van der Waals surface area contributed by atoms with Crippen molar-refractivity contribution in [2.75, 3.05) is 0 Å². The molecule has 0 spiro atoms. The van der Waals surface area contributed by atoms with E-state index in [4.69, 9.17) is 20.0 Å². The van der Waals surface area contributed by atoms with E-state index in [1.54, 1.807) is 6.20 Å². The minimum Gasteiger partial charge on any atom is -0.656 e. The summed E-state index contributed by atoms with van der Waals surface area (Å²) in [4.78, 5) is 14.2. The van der Waals surface area contributed by atoms with Crippen LogP contribution in [-0.2, 0) is 33.9 Å². The van der Waals surface area contributed by atoms with E-state index in [0.29, 0.717) is 11.8 Å². The van der Waals surface area contributed by atoms with Crippen molar-refractivity contribution >= 4 is 33.2 Å². The maximum Gasteiger partial charge on any atom is 2.00 e. The van der Waals surface area contributed by atoms with Crippen molar-refractivity contribution in [1.29, 1.82) is 0 Å². The summed E-state index contributed by atoms with van der Waals surface area (Å²) in [5.41, 5.74) is 10.4. The van der Waals surface area contributed by atoms with Crippen LogP contribution >= 0.6 is 0 Å². The SMILES string of the molecule is [Pt+2].c1ccc(Oc2cccc(-c3cccc4c3[N-]c3c(cccc3-c3cccc5c3[n-]c3ccccc35)CC4)n2)nc1. The number of aryl methyl sites for hydroxylation is 2. The number of para-hydroxylation sites is 4. The Hall–Kier alpha value is -4.73. The van der Waals surface area contributed by atoms with Crippen LogP contribution in [-0.4, -0.2) is 9.97 Å². The second-order valence-electron chi connectivity index (χ2n) is 10.2. The number of hydrogen-bond donors (Lipinski definition) is 0. The third-order valence-electron chi connectivity index (χ3n) is 7.73. The predicted molar refractivity (Wildman–Crippen MR) is 164 cm³/mol. The second-order valence-corrected chi connectivity index (χ2v) is 10.2. The second kappa shape index (κ2) is 10.9. The molecule has 4 aromatic carbocycles. The first-order valence-electron chi connectivity index (χ1n) is 13.8. The van der Waals surface area contributed by atoms with Crippen LogP contribution in [0.25, 0.3) is 49.5 Å². The monoisotopic (exact) mass is 723 g/mol. The molecule has 0 atom stereocenters. The van der Waals surface area contributed by atoms with Gasteiger partial charge in [-0.15, -0.1) is 22.4 Å². The van der Waals surface area contributed by atoms with Gasteiger partial charge in [0.05, 0.1) is 5.69 Å². The van der Waals surface area contributed by atoms with Crippen LogP contribution in [0.3, 0.4) is 0 Å². The van der Waals surface area contributed by atoms with E-state index >= 15 is 0 Å². The number of benzene rings is 4. The molecule has 6 heteroatoms. The van der Waals surface area contributed by atoms with Gasteiger partial charge >= 0.3 is 21.1 Å². The smallest absolute Gasteiger partial charge is 0.656 e. The molecule has 204 valence electrons. The fourth-order valence-electron chi connectivity index (χ4n) is 5.81. The van der Waals surface area contributed by atoms with E-state index in [2.05, 4.69) is 77.8 Å². The zero-order valence-corrected chi connectivity index (χ0v) is 24.7. The Morgan fingerprint density at radius 1 is 0.571 bits per heavy atom. The molecule has 0 unspecified atom stereocenters. The molecule has 0 saturated heterocycles. The molecule has 4 heterocycles. The number of fused-ring (bicyclic) bond motifs is 5. The normalized spacial score (nSPS) is 12.1. The van der Waals surface area contributed by atoms with Crippen LogP contribution in [0.2, 0.25) is 0 Å². The first-order chi connectivity index (χ1) is 20.3. The van der Waals surface area contributed by atoms with Gasteiger partial charge in [-0.2, -0.15) is 0 Å². The molecule has 0 aliphatic carbocycles. The molecule has 42 heavy (non-hydrogen) atoms. The van der Waals surface area contributed by atoms with Crippen molar-refractivity contribution in [3.63, 3.8) is 0 Å². The number of ether oxygens (including phenoxy) is 1.